The van der Waals surface area contributed by atoms with Crippen molar-refractivity contribution in [3.8, 4) is 0 Å². The summed E-state index contributed by atoms with van der Waals surface area (Å²) in [4.78, 5) is 27.0. The second-order valence-electron chi connectivity index (χ2n) is 7.04. The van der Waals surface area contributed by atoms with Crippen molar-refractivity contribution in [2.24, 2.45) is 13.0 Å². The number of rotatable bonds is 5. The first-order chi connectivity index (χ1) is 13.1. The molecule has 1 saturated heterocycles. The number of hydrogen-bond donors (Lipinski definition) is 0. The van der Waals surface area contributed by atoms with E-state index in [2.05, 4.69) is 10.2 Å². The van der Waals surface area contributed by atoms with E-state index in [1.54, 1.807) is 24.0 Å². The van der Waals surface area contributed by atoms with Crippen LogP contribution < -0.4 is 0 Å². The number of aromatic nitrogens is 4. The first-order valence-corrected chi connectivity index (χ1v) is 9.34. The van der Waals surface area contributed by atoms with E-state index in [9.17, 15) is 9.59 Å². The Labute approximate surface area is 157 Å². The van der Waals surface area contributed by atoms with Gasteiger partial charge in [-0.2, -0.15) is 10.2 Å². The minimum Gasteiger partial charge on any atom is -0.343 e. The highest BCUT2D eigenvalue weighted by atomic mass is 16.2. The number of benzene rings is 1. The standard InChI is InChI=1S/C20H23N5O2/c1-23-18(6-10-21-23)20(27)15-7-11-24(12-8-15)19(26)9-13-25-17-5-3-2-4-16(17)14-22-25/h2-6,10,14-15H,7-9,11-13H2,1H3. The first kappa shape index (κ1) is 17.5. The van der Waals surface area contributed by atoms with Crippen LogP contribution in [0.1, 0.15) is 29.8 Å². The second-order valence-corrected chi connectivity index (χ2v) is 7.04. The van der Waals surface area contributed by atoms with Crippen molar-refractivity contribution in [2.45, 2.75) is 25.8 Å². The summed E-state index contributed by atoms with van der Waals surface area (Å²) in [5, 5.41) is 9.53. The Kier molecular flexibility index (Phi) is 4.75. The highest BCUT2D eigenvalue weighted by Gasteiger charge is 2.29. The quantitative estimate of drug-likeness (QED) is 0.650. The lowest BCUT2D eigenvalue weighted by atomic mass is 9.91. The number of carbonyl (C=O) groups excluding carboxylic acids is 2. The maximum Gasteiger partial charge on any atom is 0.224 e. The number of fused-ring (bicyclic) bond motifs is 1. The molecule has 1 aromatic carbocycles. The lowest BCUT2D eigenvalue weighted by molar-refractivity contribution is -0.132. The molecule has 2 aromatic heterocycles. The van der Waals surface area contributed by atoms with Gasteiger partial charge in [0.2, 0.25) is 5.91 Å². The average molecular weight is 365 g/mol. The molecule has 0 unspecified atom stereocenters. The molecule has 0 saturated carbocycles. The molecule has 140 valence electrons. The molecule has 1 aliphatic rings. The topological polar surface area (TPSA) is 73.0 Å². The number of piperidine rings is 1. The molecule has 0 radical (unpaired) electrons. The van der Waals surface area contributed by atoms with Crippen LogP contribution in [0.2, 0.25) is 0 Å². The number of ketones is 1. The van der Waals surface area contributed by atoms with E-state index >= 15 is 0 Å². The van der Waals surface area contributed by atoms with Gasteiger partial charge in [0.1, 0.15) is 5.69 Å². The molecule has 0 bridgehead atoms. The maximum atomic E-state index is 12.6. The monoisotopic (exact) mass is 365 g/mol. The Bertz CT molecular complexity index is 966. The van der Waals surface area contributed by atoms with Gasteiger partial charge in [-0.1, -0.05) is 18.2 Å². The smallest absolute Gasteiger partial charge is 0.224 e. The average Bonchev–Trinajstić information content (AvgIpc) is 3.32. The van der Waals surface area contributed by atoms with Crippen molar-refractivity contribution in [2.75, 3.05) is 13.1 Å². The fourth-order valence-corrected chi connectivity index (χ4v) is 3.78. The first-order valence-electron chi connectivity index (χ1n) is 9.34. The van der Waals surface area contributed by atoms with Gasteiger partial charge in [-0.15, -0.1) is 0 Å². The number of carbonyl (C=O) groups is 2. The van der Waals surface area contributed by atoms with Gasteiger partial charge >= 0.3 is 0 Å². The fraction of sp³-hybridized carbons (Fsp3) is 0.400. The zero-order valence-electron chi connectivity index (χ0n) is 15.4. The summed E-state index contributed by atoms with van der Waals surface area (Å²) in [5.41, 5.74) is 1.69. The Morgan fingerprint density at radius 1 is 1.11 bits per heavy atom. The molecule has 3 aromatic rings. The van der Waals surface area contributed by atoms with E-state index in [0.29, 0.717) is 44.6 Å². The summed E-state index contributed by atoms with van der Waals surface area (Å²) >= 11 is 0. The number of hydrogen-bond acceptors (Lipinski definition) is 4. The number of aryl methyl sites for hydroxylation is 2. The van der Waals surface area contributed by atoms with Gasteiger partial charge < -0.3 is 4.90 Å². The largest absolute Gasteiger partial charge is 0.343 e. The maximum absolute atomic E-state index is 12.6. The minimum absolute atomic E-state index is 0.0282. The third-order valence-corrected chi connectivity index (χ3v) is 5.38. The molecular formula is C20H23N5O2. The van der Waals surface area contributed by atoms with Gasteiger partial charge in [0.05, 0.1) is 18.3 Å². The van der Waals surface area contributed by atoms with Gasteiger partial charge in [0.25, 0.3) is 0 Å². The van der Waals surface area contributed by atoms with Gasteiger partial charge in [0.15, 0.2) is 5.78 Å². The molecule has 1 fully saturated rings. The van der Waals surface area contributed by atoms with E-state index in [0.717, 1.165) is 10.9 Å². The molecule has 7 nitrogen and oxygen atoms in total. The van der Waals surface area contributed by atoms with Crippen molar-refractivity contribution >= 4 is 22.6 Å². The Morgan fingerprint density at radius 3 is 2.63 bits per heavy atom. The lowest BCUT2D eigenvalue weighted by Gasteiger charge is -2.31. The summed E-state index contributed by atoms with van der Waals surface area (Å²) < 4.78 is 3.50. The number of likely N-dealkylation sites (tertiary alicyclic amines) is 1. The molecule has 0 spiro atoms. The van der Waals surface area contributed by atoms with Crippen LogP contribution in [0.15, 0.2) is 42.7 Å². The minimum atomic E-state index is -0.0282. The normalized spacial score (nSPS) is 15.4. The molecule has 3 heterocycles. The molecule has 7 heteroatoms. The third-order valence-electron chi connectivity index (χ3n) is 5.38. The van der Waals surface area contributed by atoms with E-state index < -0.39 is 0 Å². The van der Waals surface area contributed by atoms with Gasteiger partial charge in [0, 0.05) is 44.1 Å². The molecule has 27 heavy (non-hydrogen) atoms. The highest BCUT2D eigenvalue weighted by molar-refractivity contribution is 5.96. The van der Waals surface area contributed by atoms with Gasteiger partial charge in [-0.05, 0) is 25.0 Å². The third kappa shape index (κ3) is 3.49. The molecule has 1 amide bonds. The van der Waals surface area contributed by atoms with Crippen LogP contribution in [0.5, 0.6) is 0 Å². The van der Waals surface area contributed by atoms with Crippen molar-refractivity contribution in [1.82, 2.24) is 24.5 Å². The predicted molar refractivity (Wildman–Crippen MR) is 101 cm³/mol. The number of nitrogens with zero attached hydrogens (tertiary/aromatic N) is 5. The predicted octanol–water partition coefficient (Wildman–Crippen LogP) is 2.28. The van der Waals surface area contributed by atoms with Crippen LogP contribution >= 0.6 is 0 Å². The second kappa shape index (κ2) is 7.34. The van der Waals surface area contributed by atoms with Crippen LogP contribution in [0, 0.1) is 5.92 Å². The number of para-hydroxylation sites is 1. The van der Waals surface area contributed by atoms with Crippen LogP contribution in [0.3, 0.4) is 0 Å². The van der Waals surface area contributed by atoms with E-state index in [4.69, 9.17) is 0 Å². The molecule has 0 N–H and O–H groups in total. The van der Waals surface area contributed by atoms with Crippen LogP contribution in [0.25, 0.3) is 10.9 Å². The van der Waals surface area contributed by atoms with Crippen molar-refractivity contribution < 1.29 is 9.59 Å². The summed E-state index contributed by atoms with van der Waals surface area (Å²) in [7, 11) is 1.78. The van der Waals surface area contributed by atoms with Crippen LogP contribution in [0.4, 0.5) is 0 Å². The molecule has 0 aliphatic carbocycles. The van der Waals surface area contributed by atoms with Crippen LogP contribution in [-0.4, -0.2) is 49.2 Å². The van der Waals surface area contributed by atoms with Gasteiger partial charge in [-0.25, -0.2) is 0 Å². The number of Topliss-reactive ketones (excluding diaryl/α,β-unsaturated/α-hetero) is 1. The molecular weight excluding hydrogens is 342 g/mol. The Balaban J connectivity index is 1.31. The van der Waals surface area contributed by atoms with Crippen molar-refractivity contribution in [3.05, 3.63) is 48.4 Å². The zero-order chi connectivity index (χ0) is 18.8. The van der Waals surface area contributed by atoms with Gasteiger partial charge in [-0.3, -0.25) is 19.0 Å². The number of amides is 1. The van der Waals surface area contributed by atoms with E-state index in [-0.39, 0.29) is 17.6 Å². The molecule has 0 atom stereocenters. The van der Waals surface area contributed by atoms with E-state index in [1.165, 1.54) is 0 Å². The van der Waals surface area contributed by atoms with Crippen molar-refractivity contribution in [3.63, 3.8) is 0 Å². The highest BCUT2D eigenvalue weighted by Crippen LogP contribution is 2.22. The van der Waals surface area contributed by atoms with E-state index in [1.807, 2.05) is 40.0 Å². The Hall–Kier alpha value is -2.96. The van der Waals surface area contributed by atoms with Crippen LogP contribution in [-0.2, 0) is 18.4 Å². The summed E-state index contributed by atoms with van der Waals surface area (Å²) in [6.07, 6.45) is 5.31. The summed E-state index contributed by atoms with van der Waals surface area (Å²) in [6, 6.07) is 9.75. The molecule has 1 aliphatic heterocycles. The SMILES string of the molecule is Cn1nccc1C(=O)C1CCN(C(=O)CCn2ncc3ccccc32)CC1. The zero-order valence-corrected chi connectivity index (χ0v) is 15.4. The lowest BCUT2D eigenvalue weighted by Crippen LogP contribution is -2.40. The fourth-order valence-electron chi connectivity index (χ4n) is 3.78. The van der Waals surface area contributed by atoms with Crippen molar-refractivity contribution in [1.29, 1.82) is 0 Å². The Morgan fingerprint density at radius 2 is 1.89 bits per heavy atom. The summed E-state index contributed by atoms with van der Waals surface area (Å²) in [5.74, 6) is 0.227. The molecule has 4 rings (SSSR count). The summed E-state index contributed by atoms with van der Waals surface area (Å²) in [6.45, 7) is 1.83.